The Labute approximate surface area is 103 Å². The molecule has 0 radical (unpaired) electrons. The molecule has 3 rings (SSSR count). The van der Waals surface area contributed by atoms with Gasteiger partial charge in [-0.2, -0.15) is 0 Å². The second-order valence-electron chi connectivity index (χ2n) is 3.67. The zero-order valence-corrected chi connectivity index (χ0v) is 9.74. The highest BCUT2D eigenvalue weighted by atomic mass is 32.1. The molecule has 0 bridgehead atoms. The van der Waals surface area contributed by atoms with Crippen LogP contribution in [0.25, 0.3) is 22.0 Å². The summed E-state index contributed by atoms with van der Waals surface area (Å²) in [4.78, 5) is 11.5. The fourth-order valence-corrected chi connectivity index (χ4v) is 2.10. The van der Waals surface area contributed by atoms with Gasteiger partial charge < -0.3 is 4.98 Å². The quantitative estimate of drug-likeness (QED) is 0.662. The number of hydrogen-bond acceptors (Lipinski definition) is 3. The van der Waals surface area contributed by atoms with E-state index in [4.69, 9.17) is 12.2 Å². The van der Waals surface area contributed by atoms with E-state index in [2.05, 4.69) is 15.0 Å². The molecule has 3 nitrogen and oxygen atoms in total. The molecule has 1 aromatic carbocycles. The van der Waals surface area contributed by atoms with Crippen molar-refractivity contribution in [1.29, 1.82) is 0 Å². The molecule has 0 unspecified atom stereocenters. The first kappa shape index (κ1) is 10.1. The Kier molecular flexibility index (Phi) is 2.42. The van der Waals surface area contributed by atoms with Gasteiger partial charge in [-0.05, 0) is 11.5 Å². The summed E-state index contributed by atoms with van der Waals surface area (Å²) < 4.78 is 0.650. The number of nitrogens with zero attached hydrogens (tertiary/aromatic N) is 2. The average Bonchev–Trinajstić information content (AvgIpc) is 2.39. The lowest BCUT2D eigenvalue weighted by molar-refractivity contribution is 1.19. The van der Waals surface area contributed by atoms with Crippen LogP contribution >= 0.6 is 12.2 Å². The molecule has 2 aromatic heterocycles. The SMILES string of the molecule is S=c1[nH]ccnc1-c1cccc2cnccc12. The summed E-state index contributed by atoms with van der Waals surface area (Å²) in [5.41, 5.74) is 1.84. The lowest BCUT2D eigenvalue weighted by Gasteiger charge is -2.05. The predicted octanol–water partition coefficient (Wildman–Crippen LogP) is 3.35. The first-order valence-electron chi connectivity index (χ1n) is 5.23. The third-order valence-corrected chi connectivity index (χ3v) is 2.95. The monoisotopic (exact) mass is 239 g/mol. The number of pyridine rings is 1. The smallest absolute Gasteiger partial charge is 0.129 e. The largest absolute Gasteiger partial charge is 0.350 e. The third-order valence-electron chi connectivity index (χ3n) is 2.64. The van der Waals surface area contributed by atoms with Crippen molar-refractivity contribution in [3.63, 3.8) is 0 Å². The van der Waals surface area contributed by atoms with E-state index in [0.29, 0.717) is 4.64 Å². The minimum absolute atomic E-state index is 0.650. The van der Waals surface area contributed by atoms with Crippen molar-refractivity contribution in [2.75, 3.05) is 0 Å². The number of aromatic amines is 1. The number of benzene rings is 1. The highest BCUT2D eigenvalue weighted by molar-refractivity contribution is 7.71. The maximum Gasteiger partial charge on any atom is 0.129 e. The number of hydrogen-bond donors (Lipinski definition) is 1. The molecular weight excluding hydrogens is 230 g/mol. The number of fused-ring (bicyclic) bond motifs is 1. The van der Waals surface area contributed by atoms with Crippen LogP contribution in [0.1, 0.15) is 0 Å². The molecule has 0 saturated heterocycles. The Morgan fingerprint density at radius 1 is 1.12 bits per heavy atom. The molecule has 0 aliphatic rings. The Morgan fingerprint density at radius 3 is 2.94 bits per heavy atom. The minimum atomic E-state index is 0.650. The van der Waals surface area contributed by atoms with E-state index in [1.165, 1.54) is 0 Å². The number of aromatic nitrogens is 3. The number of nitrogens with one attached hydrogen (secondary N) is 1. The van der Waals surface area contributed by atoms with Gasteiger partial charge >= 0.3 is 0 Å². The lowest BCUT2D eigenvalue weighted by Crippen LogP contribution is -1.88. The third kappa shape index (κ3) is 1.72. The summed E-state index contributed by atoms with van der Waals surface area (Å²) in [7, 11) is 0. The molecule has 0 fully saturated rings. The highest BCUT2D eigenvalue weighted by Gasteiger charge is 2.05. The van der Waals surface area contributed by atoms with Gasteiger partial charge in [0, 0.05) is 35.7 Å². The van der Waals surface area contributed by atoms with Crippen LogP contribution < -0.4 is 0 Å². The molecule has 0 saturated carbocycles. The van der Waals surface area contributed by atoms with Crippen LogP contribution in [0, 0.1) is 4.64 Å². The summed E-state index contributed by atoms with van der Waals surface area (Å²) in [5, 5.41) is 2.20. The van der Waals surface area contributed by atoms with Crippen molar-refractivity contribution in [2.24, 2.45) is 0 Å². The normalized spacial score (nSPS) is 10.6. The van der Waals surface area contributed by atoms with E-state index in [-0.39, 0.29) is 0 Å². The summed E-state index contributed by atoms with van der Waals surface area (Å²) >= 11 is 5.26. The molecule has 0 aliphatic heterocycles. The van der Waals surface area contributed by atoms with Crippen LogP contribution in [0.15, 0.2) is 49.1 Å². The first-order valence-corrected chi connectivity index (χ1v) is 5.64. The van der Waals surface area contributed by atoms with Crippen LogP contribution in [-0.2, 0) is 0 Å². The topological polar surface area (TPSA) is 41.6 Å². The van der Waals surface area contributed by atoms with Gasteiger partial charge in [0.2, 0.25) is 0 Å². The second kappa shape index (κ2) is 4.07. The van der Waals surface area contributed by atoms with Crippen LogP contribution in [0.5, 0.6) is 0 Å². The highest BCUT2D eigenvalue weighted by Crippen LogP contribution is 2.26. The molecule has 1 N–H and O–H groups in total. The zero-order chi connectivity index (χ0) is 11.7. The van der Waals surface area contributed by atoms with Crippen molar-refractivity contribution >= 4 is 23.0 Å². The van der Waals surface area contributed by atoms with Crippen molar-refractivity contribution in [1.82, 2.24) is 15.0 Å². The van der Waals surface area contributed by atoms with Gasteiger partial charge in [0.15, 0.2) is 0 Å². The van der Waals surface area contributed by atoms with Crippen LogP contribution in [0.3, 0.4) is 0 Å². The fraction of sp³-hybridized carbons (Fsp3) is 0. The minimum Gasteiger partial charge on any atom is -0.350 e. The van der Waals surface area contributed by atoms with Crippen molar-refractivity contribution in [2.45, 2.75) is 0 Å². The van der Waals surface area contributed by atoms with Gasteiger partial charge in [-0.1, -0.05) is 30.4 Å². The Balaban J connectivity index is 2.39. The molecule has 2 heterocycles. The fourth-order valence-electron chi connectivity index (χ4n) is 1.87. The van der Waals surface area contributed by atoms with Gasteiger partial charge in [0.05, 0.1) is 0 Å². The van der Waals surface area contributed by atoms with Crippen LogP contribution in [0.4, 0.5) is 0 Å². The maximum absolute atomic E-state index is 5.26. The molecule has 82 valence electrons. The molecule has 3 aromatic rings. The van der Waals surface area contributed by atoms with Gasteiger partial charge in [-0.25, -0.2) is 0 Å². The van der Waals surface area contributed by atoms with E-state index in [1.54, 1.807) is 18.6 Å². The Morgan fingerprint density at radius 2 is 2.06 bits per heavy atom. The summed E-state index contributed by atoms with van der Waals surface area (Å²) in [6, 6.07) is 8.02. The maximum atomic E-state index is 5.26. The number of rotatable bonds is 1. The van der Waals surface area contributed by atoms with Crippen molar-refractivity contribution < 1.29 is 0 Å². The number of H-pyrrole nitrogens is 1. The van der Waals surface area contributed by atoms with Gasteiger partial charge in [0.25, 0.3) is 0 Å². The molecule has 17 heavy (non-hydrogen) atoms. The van der Waals surface area contributed by atoms with Crippen molar-refractivity contribution in [3.05, 3.63) is 53.7 Å². The second-order valence-corrected chi connectivity index (χ2v) is 4.08. The van der Waals surface area contributed by atoms with Crippen LogP contribution in [0.2, 0.25) is 0 Å². The molecule has 4 heteroatoms. The molecule has 0 atom stereocenters. The zero-order valence-electron chi connectivity index (χ0n) is 8.92. The van der Waals surface area contributed by atoms with E-state index in [1.807, 2.05) is 30.5 Å². The standard InChI is InChI=1S/C13H9N3S/c17-13-12(15-6-7-16-13)11-3-1-2-9-8-14-5-4-10(9)11/h1-8H,(H,16,17). The Bertz CT molecular complexity index is 728. The molecule has 0 spiro atoms. The van der Waals surface area contributed by atoms with Gasteiger partial charge in [-0.3, -0.25) is 9.97 Å². The van der Waals surface area contributed by atoms with Gasteiger partial charge in [0.1, 0.15) is 10.3 Å². The lowest BCUT2D eigenvalue weighted by atomic mass is 10.0. The van der Waals surface area contributed by atoms with E-state index >= 15 is 0 Å². The van der Waals surface area contributed by atoms with Gasteiger partial charge in [-0.15, -0.1) is 0 Å². The molecule has 0 amide bonds. The predicted molar refractivity (Wildman–Crippen MR) is 70.2 cm³/mol. The summed E-state index contributed by atoms with van der Waals surface area (Å²) in [6.07, 6.45) is 7.07. The Hall–Kier alpha value is -2.07. The summed E-state index contributed by atoms with van der Waals surface area (Å²) in [6.45, 7) is 0. The first-order chi connectivity index (χ1) is 8.36. The van der Waals surface area contributed by atoms with Crippen molar-refractivity contribution in [3.8, 4) is 11.3 Å². The van der Waals surface area contributed by atoms with E-state index < -0.39 is 0 Å². The average molecular weight is 239 g/mol. The van der Waals surface area contributed by atoms with E-state index in [9.17, 15) is 0 Å². The summed E-state index contributed by atoms with van der Waals surface area (Å²) in [5.74, 6) is 0. The van der Waals surface area contributed by atoms with Crippen LogP contribution in [-0.4, -0.2) is 15.0 Å². The molecule has 0 aliphatic carbocycles. The van der Waals surface area contributed by atoms with E-state index in [0.717, 1.165) is 22.0 Å². The molecular formula is C13H9N3S.